The van der Waals surface area contributed by atoms with Crippen LogP contribution in [0.1, 0.15) is 53.4 Å². The Morgan fingerprint density at radius 3 is 1.89 bits per heavy atom. The number of carbonyl (C=O) groups excluding carboxylic acids is 2. The van der Waals surface area contributed by atoms with Crippen LogP contribution in [0.3, 0.4) is 0 Å². The fourth-order valence-electron chi connectivity index (χ4n) is 5.06. The number of hydrogen-bond donors (Lipinski definition) is 0. The Morgan fingerprint density at radius 1 is 0.861 bits per heavy atom. The smallest absolute Gasteiger partial charge is 0.309 e. The summed E-state index contributed by atoms with van der Waals surface area (Å²) < 4.78 is 7.38. The topological polar surface area (TPSA) is 61.2 Å². The SMILES string of the molecule is CCCCOC(=O)C1C[C@@H]1C(=O)c1cncn1C(c1ccccc1)(c1ccccc1)c1ccccc1. The molecule has 0 spiro atoms. The van der Waals surface area contributed by atoms with E-state index in [9.17, 15) is 9.59 Å². The van der Waals surface area contributed by atoms with E-state index in [1.165, 1.54) is 0 Å². The quantitative estimate of drug-likeness (QED) is 0.123. The van der Waals surface area contributed by atoms with Gasteiger partial charge in [0, 0.05) is 5.92 Å². The van der Waals surface area contributed by atoms with Gasteiger partial charge in [-0.15, -0.1) is 0 Å². The van der Waals surface area contributed by atoms with Gasteiger partial charge in [-0.1, -0.05) is 104 Å². The van der Waals surface area contributed by atoms with Gasteiger partial charge in [-0.05, 0) is 29.5 Å². The Hall–Kier alpha value is -3.99. The summed E-state index contributed by atoms with van der Waals surface area (Å²) in [5.41, 5.74) is 2.71. The number of unbranched alkanes of at least 4 members (excludes halogenated alkanes) is 1. The van der Waals surface area contributed by atoms with Crippen LogP contribution in [0, 0.1) is 11.8 Å². The molecular weight excluding hydrogens is 448 g/mol. The molecule has 1 heterocycles. The van der Waals surface area contributed by atoms with Gasteiger partial charge >= 0.3 is 5.97 Å². The number of nitrogens with zero attached hydrogens (tertiary/aromatic N) is 2. The number of imidazole rings is 1. The van der Waals surface area contributed by atoms with E-state index in [0.717, 1.165) is 29.5 Å². The first-order valence-corrected chi connectivity index (χ1v) is 12.6. The van der Waals surface area contributed by atoms with Crippen molar-refractivity contribution in [2.24, 2.45) is 11.8 Å². The molecule has 182 valence electrons. The first kappa shape index (κ1) is 23.7. The summed E-state index contributed by atoms with van der Waals surface area (Å²) in [5.74, 6) is -1.10. The van der Waals surface area contributed by atoms with Crippen LogP contribution < -0.4 is 0 Å². The minimum atomic E-state index is -0.822. The lowest BCUT2D eigenvalue weighted by atomic mass is 9.76. The molecule has 0 aliphatic heterocycles. The summed E-state index contributed by atoms with van der Waals surface area (Å²) in [5, 5.41) is 0. The summed E-state index contributed by atoms with van der Waals surface area (Å²) in [6, 6.07) is 30.5. The minimum absolute atomic E-state index is 0.0721. The van der Waals surface area contributed by atoms with Crippen molar-refractivity contribution in [2.75, 3.05) is 6.61 Å². The minimum Gasteiger partial charge on any atom is -0.465 e. The molecule has 0 N–H and O–H groups in total. The molecule has 4 aromatic rings. The lowest BCUT2D eigenvalue weighted by Crippen LogP contribution is -2.39. The number of rotatable bonds is 10. The van der Waals surface area contributed by atoms with Gasteiger partial charge in [0.05, 0.1) is 25.0 Å². The van der Waals surface area contributed by atoms with Crippen molar-refractivity contribution in [2.45, 2.75) is 31.7 Å². The first-order valence-electron chi connectivity index (χ1n) is 12.6. The molecule has 3 aromatic carbocycles. The zero-order valence-electron chi connectivity index (χ0n) is 20.4. The number of hydrogen-bond acceptors (Lipinski definition) is 4. The number of Topliss-reactive ketones (excluding diaryl/α,β-unsaturated/α-hetero) is 1. The summed E-state index contributed by atoms with van der Waals surface area (Å²) in [4.78, 5) is 30.8. The molecule has 0 saturated heterocycles. The van der Waals surface area contributed by atoms with Gasteiger partial charge in [0.1, 0.15) is 11.2 Å². The molecule has 5 nitrogen and oxygen atoms in total. The van der Waals surface area contributed by atoms with E-state index >= 15 is 0 Å². The molecule has 1 aliphatic carbocycles. The van der Waals surface area contributed by atoms with Crippen LogP contribution in [0.4, 0.5) is 0 Å². The second-order valence-corrected chi connectivity index (χ2v) is 9.29. The zero-order chi connectivity index (χ0) is 25.0. The van der Waals surface area contributed by atoms with Crippen LogP contribution in [-0.2, 0) is 15.1 Å². The number of benzene rings is 3. The highest BCUT2D eigenvalue weighted by Crippen LogP contribution is 2.45. The molecule has 1 aliphatic rings. The molecule has 36 heavy (non-hydrogen) atoms. The highest BCUT2D eigenvalue weighted by Gasteiger charge is 2.51. The van der Waals surface area contributed by atoms with Gasteiger partial charge in [0.25, 0.3) is 0 Å². The van der Waals surface area contributed by atoms with Crippen LogP contribution in [-0.4, -0.2) is 27.9 Å². The van der Waals surface area contributed by atoms with Gasteiger partial charge in [0.2, 0.25) is 0 Å². The largest absolute Gasteiger partial charge is 0.465 e. The molecule has 1 fully saturated rings. The fraction of sp³-hybridized carbons (Fsp3) is 0.258. The number of ether oxygens (including phenoxy) is 1. The van der Waals surface area contributed by atoms with Gasteiger partial charge in [-0.25, -0.2) is 4.98 Å². The molecule has 2 atom stereocenters. The third kappa shape index (κ3) is 4.26. The van der Waals surface area contributed by atoms with Crippen molar-refractivity contribution in [1.82, 2.24) is 9.55 Å². The average molecular weight is 479 g/mol. The average Bonchev–Trinajstić information content (AvgIpc) is 3.60. The van der Waals surface area contributed by atoms with E-state index in [1.807, 2.05) is 59.2 Å². The van der Waals surface area contributed by atoms with E-state index in [0.29, 0.717) is 18.7 Å². The van der Waals surface area contributed by atoms with Gasteiger partial charge in [-0.3, -0.25) is 9.59 Å². The summed E-state index contributed by atoms with van der Waals surface area (Å²) in [6.45, 7) is 2.46. The van der Waals surface area contributed by atoms with E-state index in [-0.39, 0.29) is 23.6 Å². The van der Waals surface area contributed by atoms with Crippen molar-refractivity contribution in [1.29, 1.82) is 0 Å². The standard InChI is InChI=1S/C31H30N2O3/c1-2-3-19-36-30(35)27-20-26(27)29(34)28-21-32-22-33(28)31(23-13-7-4-8-14-23,24-15-9-5-10-16-24)25-17-11-6-12-18-25/h4-18,21-22,26-27H,2-3,19-20H2,1H3/t26-,27?/m0/s1. The van der Waals surface area contributed by atoms with Crippen molar-refractivity contribution in [3.05, 3.63) is 126 Å². The van der Waals surface area contributed by atoms with Crippen molar-refractivity contribution in [3.63, 3.8) is 0 Å². The van der Waals surface area contributed by atoms with Gasteiger partial charge in [-0.2, -0.15) is 0 Å². The fourth-order valence-corrected chi connectivity index (χ4v) is 5.06. The van der Waals surface area contributed by atoms with E-state index in [4.69, 9.17) is 4.74 Å². The van der Waals surface area contributed by atoms with Crippen LogP contribution in [0.15, 0.2) is 104 Å². The normalized spacial score (nSPS) is 16.9. The maximum atomic E-state index is 13.8. The Bertz CT molecular complexity index is 1220. The van der Waals surface area contributed by atoms with Gasteiger partial charge < -0.3 is 9.30 Å². The van der Waals surface area contributed by atoms with Crippen LogP contribution in [0.25, 0.3) is 0 Å². The monoisotopic (exact) mass is 478 g/mol. The predicted molar refractivity (Wildman–Crippen MR) is 139 cm³/mol. The third-order valence-corrected chi connectivity index (χ3v) is 7.00. The summed E-state index contributed by atoms with van der Waals surface area (Å²) in [7, 11) is 0. The predicted octanol–water partition coefficient (Wildman–Crippen LogP) is 5.89. The number of ketones is 1. The Kier molecular flexibility index (Phi) is 6.81. The molecule has 5 heteroatoms. The zero-order valence-corrected chi connectivity index (χ0v) is 20.4. The lowest BCUT2D eigenvalue weighted by molar-refractivity contribution is -0.145. The van der Waals surface area contributed by atoms with Crippen molar-refractivity contribution < 1.29 is 14.3 Å². The highest BCUT2D eigenvalue weighted by atomic mass is 16.5. The van der Waals surface area contributed by atoms with Crippen molar-refractivity contribution in [3.8, 4) is 0 Å². The number of esters is 1. The van der Waals surface area contributed by atoms with E-state index in [1.54, 1.807) is 12.5 Å². The molecule has 1 saturated carbocycles. The Morgan fingerprint density at radius 2 is 1.39 bits per heavy atom. The molecule has 0 bridgehead atoms. The Balaban J connectivity index is 1.61. The molecule has 0 amide bonds. The first-order chi connectivity index (χ1) is 17.7. The molecular formula is C31H30N2O3. The third-order valence-electron chi connectivity index (χ3n) is 7.00. The summed E-state index contributed by atoms with van der Waals surface area (Å²) >= 11 is 0. The lowest BCUT2D eigenvalue weighted by Gasteiger charge is -2.38. The molecule has 0 radical (unpaired) electrons. The van der Waals surface area contributed by atoms with Crippen molar-refractivity contribution >= 4 is 11.8 Å². The second kappa shape index (κ2) is 10.3. The van der Waals surface area contributed by atoms with Crippen LogP contribution in [0.2, 0.25) is 0 Å². The van der Waals surface area contributed by atoms with E-state index in [2.05, 4.69) is 48.3 Å². The van der Waals surface area contributed by atoms with Gasteiger partial charge in [0.15, 0.2) is 5.78 Å². The van der Waals surface area contributed by atoms with E-state index < -0.39 is 5.54 Å². The highest BCUT2D eigenvalue weighted by molar-refractivity contribution is 6.02. The molecule has 1 aromatic heterocycles. The molecule has 5 rings (SSSR count). The van der Waals surface area contributed by atoms with Crippen LogP contribution >= 0.6 is 0 Å². The summed E-state index contributed by atoms with van der Waals surface area (Å²) in [6.07, 6.45) is 5.67. The number of carbonyl (C=O) groups is 2. The van der Waals surface area contributed by atoms with Crippen LogP contribution in [0.5, 0.6) is 0 Å². The molecule has 1 unspecified atom stereocenters. The second-order valence-electron chi connectivity index (χ2n) is 9.29. The Labute approximate surface area is 211 Å². The number of aromatic nitrogens is 2. The maximum Gasteiger partial charge on any atom is 0.309 e. The maximum absolute atomic E-state index is 13.8.